The average molecular weight is 368 g/mol. The van der Waals surface area contributed by atoms with Gasteiger partial charge in [0.2, 0.25) is 5.91 Å². The van der Waals surface area contributed by atoms with E-state index in [1.807, 2.05) is 0 Å². The molecular weight excluding hydrogens is 340 g/mol. The molecule has 1 rings (SSSR count). The van der Waals surface area contributed by atoms with Gasteiger partial charge in [-0.15, -0.1) is 0 Å². The molecule has 0 spiro atoms. The quantitative estimate of drug-likeness (QED) is 0.529. The van der Waals surface area contributed by atoms with Crippen LogP contribution in [0.4, 0.5) is 5.69 Å². The lowest BCUT2D eigenvalue weighted by molar-refractivity contribution is -0.145. The number of hydrogen-bond acceptors (Lipinski definition) is 7. The summed E-state index contributed by atoms with van der Waals surface area (Å²) >= 11 is 0. The number of aliphatic hydroxyl groups excluding tert-OH is 1. The predicted molar refractivity (Wildman–Crippen MR) is 97.2 cm³/mol. The second kappa shape index (κ2) is 12.2. The van der Waals surface area contributed by atoms with Crippen LogP contribution < -0.4 is 10.1 Å². The maximum atomic E-state index is 11.6. The third kappa shape index (κ3) is 9.36. The van der Waals surface area contributed by atoms with Crippen LogP contribution in [0.1, 0.15) is 13.8 Å². The van der Waals surface area contributed by atoms with Crippen LogP contribution in [0, 0.1) is 0 Å². The number of hydrogen-bond donors (Lipinski definition) is 2. The van der Waals surface area contributed by atoms with Crippen molar-refractivity contribution >= 4 is 17.6 Å². The Bertz CT molecular complexity index is 549. The number of aliphatic hydroxyl groups is 1. The van der Waals surface area contributed by atoms with Gasteiger partial charge in [0.05, 0.1) is 19.8 Å². The SMILES string of the molecule is CCOC(=O)CN(CCOC)CC(O)COc1ccc(NC(C)=O)cc1. The molecule has 1 unspecified atom stereocenters. The first kappa shape index (κ1) is 21.9. The van der Waals surface area contributed by atoms with Crippen molar-refractivity contribution in [1.29, 1.82) is 0 Å². The Morgan fingerprint density at radius 1 is 1.27 bits per heavy atom. The van der Waals surface area contributed by atoms with Crippen molar-refractivity contribution in [2.24, 2.45) is 0 Å². The lowest BCUT2D eigenvalue weighted by Crippen LogP contribution is -2.40. The van der Waals surface area contributed by atoms with E-state index >= 15 is 0 Å². The first-order chi connectivity index (χ1) is 12.4. The van der Waals surface area contributed by atoms with Crippen molar-refractivity contribution in [3.05, 3.63) is 24.3 Å². The van der Waals surface area contributed by atoms with Gasteiger partial charge < -0.3 is 24.6 Å². The summed E-state index contributed by atoms with van der Waals surface area (Å²) < 4.78 is 15.5. The number of nitrogens with one attached hydrogen (secondary N) is 1. The maximum absolute atomic E-state index is 11.6. The molecule has 8 heteroatoms. The van der Waals surface area contributed by atoms with Crippen LogP contribution in [0.3, 0.4) is 0 Å². The van der Waals surface area contributed by atoms with E-state index in [2.05, 4.69) is 5.32 Å². The highest BCUT2D eigenvalue weighted by atomic mass is 16.5. The Kier molecular flexibility index (Phi) is 10.3. The van der Waals surface area contributed by atoms with Crippen LogP contribution in [-0.4, -0.2) is 74.6 Å². The van der Waals surface area contributed by atoms with E-state index in [0.29, 0.717) is 31.2 Å². The third-order valence-electron chi connectivity index (χ3n) is 3.36. The molecule has 0 radical (unpaired) electrons. The molecule has 0 aliphatic heterocycles. The number of amides is 1. The highest BCUT2D eigenvalue weighted by molar-refractivity contribution is 5.88. The number of carbonyl (C=O) groups is 2. The highest BCUT2D eigenvalue weighted by Crippen LogP contribution is 2.15. The van der Waals surface area contributed by atoms with Crippen LogP contribution in [-0.2, 0) is 19.1 Å². The summed E-state index contributed by atoms with van der Waals surface area (Å²) in [6.07, 6.45) is -0.781. The molecule has 0 saturated carbocycles. The fourth-order valence-electron chi connectivity index (χ4n) is 2.23. The summed E-state index contributed by atoms with van der Waals surface area (Å²) in [7, 11) is 1.58. The molecule has 146 valence electrons. The van der Waals surface area contributed by atoms with Gasteiger partial charge in [-0.1, -0.05) is 0 Å². The van der Waals surface area contributed by atoms with Crippen LogP contribution in [0.2, 0.25) is 0 Å². The summed E-state index contributed by atoms with van der Waals surface area (Å²) in [5.41, 5.74) is 0.672. The fraction of sp³-hybridized carbons (Fsp3) is 0.556. The lowest BCUT2D eigenvalue weighted by atomic mass is 10.3. The summed E-state index contributed by atoms with van der Waals surface area (Å²) in [6, 6.07) is 6.85. The minimum Gasteiger partial charge on any atom is -0.491 e. The number of benzene rings is 1. The van der Waals surface area contributed by atoms with Crippen molar-refractivity contribution in [2.75, 3.05) is 51.9 Å². The first-order valence-electron chi connectivity index (χ1n) is 8.50. The zero-order valence-electron chi connectivity index (χ0n) is 15.6. The molecule has 0 aromatic heterocycles. The first-order valence-corrected chi connectivity index (χ1v) is 8.50. The van der Waals surface area contributed by atoms with Gasteiger partial charge in [-0.25, -0.2) is 0 Å². The number of nitrogens with zero attached hydrogens (tertiary/aromatic N) is 1. The van der Waals surface area contributed by atoms with Crippen molar-refractivity contribution in [3.63, 3.8) is 0 Å². The van der Waals surface area contributed by atoms with Crippen LogP contribution in [0.5, 0.6) is 5.75 Å². The zero-order chi connectivity index (χ0) is 19.4. The molecule has 0 aliphatic rings. The van der Waals surface area contributed by atoms with Gasteiger partial charge in [-0.3, -0.25) is 14.5 Å². The normalized spacial score (nSPS) is 11.9. The van der Waals surface area contributed by atoms with Crippen molar-refractivity contribution in [1.82, 2.24) is 4.90 Å². The predicted octanol–water partition coefficient (Wildman–Crippen LogP) is 0.896. The summed E-state index contributed by atoms with van der Waals surface area (Å²) in [5, 5.41) is 12.8. The monoisotopic (exact) mass is 368 g/mol. The minimum atomic E-state index is -0.781. The minimum absolute atomic E-state index is 0.0752. The highest BCUT2D eigenvalue weighted by Gasteiger charge is 2.16. The molecule has 0 fully saturated rings. The number of ether oxygens (including phenoxy) is 3. The fourth-order valence-corrected chi connectivity index (χ4v) is 2.23. The van der Waals surface area contributed by atoms with E-state index in [1.165, 1.54) is 6.92 Å². The van der Waals surface area contributed by atoms with E-state index < -0.39 is 6.10 Å². The summed E-state index contributed by atoms with van der Waals surface area (Å²) in [6.45, 7) is 4.85. The smallest absolute Gasteiger partial charge is 0.320 e. The molecule has 0 heterocycles. The Balaban J connectivity index is 2.46. The Labute approximate surface area is 154 Å². The number of anilines is 1. The molecule has 2 N–H and O–H groups in total. The molecular formula is C18H28N2O6. The molecule has 1 aromatic carbocycles. The van der Waals surface area contributed by atoms with E-state index in [4.69, 9.17) is 14.2 Å². The molecule has 1 atom stereocenters. The van der Waals surface area contributed by atoms with Gasteiger partial charge in [-0.2, -0.15) is 0 Å². The molecule has 26 heavy (non-hydrogen) atoms. The van der Waals surface area contributed by atoms with Gasteiger partial charge in [-0.05, 0) is 31.2 Å². The molecule has 1 aromatic rings. The Hall–Kier alpha value is -2.16. The van der Waals surface area contributed by atoms with Crippen molar-refractivity contribution in [2.45, 2.75) is 20.0 Å². The van der Waals surface area contributed by atoms with Crippen LogP contribution in [0.25, 0.3) is 0 Å². The molecule has 0 bridgehead atoms. The third-order valence-corrected chi connectivity index (χ3v) is 3.36. The molecule has 0 aliphatic carbocycles. The molecule has 0 saturated heterocycles. The summed E-state index contributed by atoms with van der Waals surface area (Å²) in [5.74, 6) is 0.0871. The van der Waals surface area contributed by atoms with Gasteiger partial charge in [0.1, 0.15) is 18.5 Å². The van der Waals surface area contributed by atoms with Gasteiger partial charge >= 0.3 is 5.97 Å². The van der Waals surface area contributed by atoms with E-state index in [0.717, 1.165) is 0 Å². The van der Waals surface area contributed by atoms with Crippen molar-refractivity contribution in [3.8, 4) is 5.75 Å². The van der Waals surface area contributed by atoms with E-state index in [1.54, 1.807) is 43.2 Å². The maximum Gasteiger partial charge on any atom is 0.320 e. The standard InChI is InChI=1S/C18H28N2O6/c1-4-25-18(23)12-20(9-10-24-3)11-16(22)13-26-17-7-5-15(6-8-17)19-14(2)21/h5-8,16,22H,4,9-13H2,1-3H3,(H,19,21). The summed E-state index contributed by atoms with van der Waals surface area (Å²) in [4.78, 5) is 24.4. The Morgan fingerprint density at radius 2 is 1.96 bits per heavy atom. The second-order valence-corrected chi connectivity index (χ2v) is 5.70. The zero-order valence-corrected chi connectivity index (χ0v) is 15.6. The lowest BCUT2D eigenvalue weighted by Gasteiger charge is -2.24. The molecule has 8 nitrogen and oxygen atoms in total. The van der Waals surface area contributed by atoms with Crippen molar-refractivity contribution < 1.29 is 28.9 Å². The van der Waals surface area contributed by atoms with Gasteiger partial charge in [0.25, 0.3) is 0 Å². The number of rotatable bonds is 12. The number of methoxy groups -OCH3 is 1. The number of carbonyl (C=O) groups excluding carboxylic acids is 2. The van der Waals surface area contributed by atoms with E-state index in [-0.39, 0.29) is 31.6 Å². The molecule has 1 amide bonds. The Morgan fingerprint density at radius 3 is 2.54 bits per heavy atom. The number of esters is 1. The second-order valence-electron chi connectivity index (χ2n) is 5.70. The van der Waals surface area contributed by atoms with Gasteiger partial charge in [0.15, 0.2) is 0 Å². The van der Waals surface area contributed by atoms with E-state index in [9.17, 15) is 14.7 Å². The van der Waals surface area contributed by atoms with Crippen LogP contribution in [0.15, 0.2) is 24.3 Å². The average Bonchev–Trinajstić information content (AvgIpc) is 2.58. The largest absolute Gasteiger partial charge is 0.491 e. The topological polar surface area (TPSA) is 97.3 Å². The van der Waals surface area contributed by atoms with Gasteiger partial charge in [0, 0.05) is 32.8 Å². The van der Waals surface area contributed by atoms with Crippen LogP contribution >= 0.6 is 0 Å².